The number of Topliss-reactive ketones (excluding diaryl/α,β-unsaturated/α-hetero) is 1. The number of benzene rings is 2. The largest absolute Gasteiger partial charge is 0.454 e. The van der Waals surface area contributed by atoms with Crippen LogP contribution in [0.15, 0.2) is 36.4 Å². The lowest BCUT2D eigenvalue weighted by Gasteiger charge is -2.06. The summed E-state index contributed by atoms with van der Waals surface area (Å²) in [7, 11) is 0. The van der Waals surface area contributed by atoms with E-state index in [0.29, 0.717) is 34.2 Å². The molecule has 0 unspecified atom stereocenters. The summed E-state index contributed by atoms with van der Waals surface area (Å²) in [5.41, 5.74) is 1.16. The lowest BCUT2D eigenvalue weighted by atomic mass is 10.1. The Morgan fingerprint density at radius 3 is 2.21 bits per heavy atom. The number of carbonyl (C=O) groups excluding carboxylic acids is 2. The molecule has 7 nitrogen and oxygen atoms in total. The van der Waals surface area contributed by atoms with Crippen molar-refractivity contribution in [3.05, 3.63) is 42.0 Å². The third-order valence-corrected chi connectivity index (χ3v) is 3.69. The average molecular weight is 327 g/mol. The third-order valence-electron chi connectivity index (χ3n) is 3.69. The first-order chi connectivity index (χ1) is 11.7. The Morgan fingerprint density at radius 1 is 0.833 bits per heavy atom. The molecule has 4 rings (SSSR count). The molecule has 2 aliphatic rings. The molecule has 0 radical (unpaired) electrons. The smallest absolute Gasteiger partial charge is 0.292 e. The van der Waals surface area contributed by atoms with Gasteiger partial charge in [-0.3, -0.25) is 9.59 Å². The second kappa shape index (κ2) is 5.77. The summed E-state index contributed by atoms with van der Waals surface area (Å²) in [5.74, 6) is 1.13. The molecule has 2 aromatic rings. The maximum Gasteiger partial charge on any atom is 0.292 e. The number of hydrogen-bond donors (Lipinski definition) is 1. The number of ketones is 1. The van der Waals surface area contributed by atoms with Crippen molar-refractivity contribution in [1.82, 2.24) is 0 Å². The molecule has 7 heteroatoms. The Balaban J connectivity index is 1.42. The summed E-state index contributed by atoms with van der Waals surface area (Å²) in [6, 6.07) is 10.1. The van der Waals surface area contributed by atoms with E-state index in [-0.39, 0.29) is 20.0 Å². The van der Waals surface area contributed by atoms with E-state index in [9.17, 15) is 9.59 Å². The Morgan fingerprint density at radius 2 is 1.46 bits per heavy atom. The van der Waals surface area contributed by atoms with Gasteiger partial charge in [-0.05, 0) is 29.8 Å². The fourth-order valence-electron chi connectivity index (χ4n) is 2.49. The fourth-order valence-corrected chi connectivity index (χ4v) is 2.49. The van der Waals surface area contributed by atoms with E-state index in [1.165, 1.54) is 0 Å². The molecule has 0 saturated heterocycles. The van der Waals surface area contributed by atoms with Crippen molar-refractivity contribution >= 4 is 17.4 Å². The van der Waals surface area contributed by atoms with E-state index in [2.05, 4.69) is 5.32 Å². The van der Waals surface area contributed by atoms with Gasteiger partial charge in [0.1, 0.15) is 0 Å². The second-order valence-corrected chi connectivity index (χ2v) is 5.31. The standard InChI is InChI=1S/C17H13NO6/c19-12(5-10-1-3-13-15(6-10)23-8-21-13)17(20)18-11-2-4-14-16(7-11)24-9-22-14/h1-4,6-7H,5,8-9H2,(H,18,20). The topological polar surface area (TPSA) is 83.1 Å². The van der Waals surface area contributed by atoms with Crippen LogP contribution >= 0.6 is 0 Å². The number of amides is 1. The minimum atomic E-state index is -0.688. The normalized spacial score (nSPS) is 13.7. The molecule has 0 aromatic heterocycles. The highest BCUT2D eigenvalue weighted by molar-refractivity contribution is 6.41. The maximum atomic E-state index is 12.1. The summed E-state index contributed by atoms with van der Waals surface area (Å²) >= 11 is 0. The molecule has 0 atom stereocenters. The second-order valence-electron chi connectivity index (χ2n) is 5.31. The van der Waals surface area contributed by atoms with Gasteiger partial charge < -0.3 is 24.3 Å². The average Bonchev–Trinajstić information content (AvgIpc) is 3.22. The molecule has 122 valence electrons. The molecule has 1 amide bonds. The van der Waals surface area contributed by atoms with E-state index in [4.69, 9.17) is 18.9 Å². The summed E-state index contributed by atoms with van der Waals surface area (Å²) in [6.45, 7) is 0.313. The molecule has 1 N–H and O–H groups in total. The monoisotopic (exact) mass is 327 g/mol. The van der Waals surface area contributed by atoms with Crippen LogP contribution in [0.25, 0.3) is 0 Å². The molecule has 2 heterocycles. The van der Waals surface area contributed by atoms with E-state index < -0.39 is 11.7 Å². The van der Waals surface area contributed by atoms with Crippen molar-refractivity contribution in [2.75, 3.05) is 18.9 Å². The summed E-state index contributed by atoms with van der Waals surface area (Å²) in [5, 5.41) is 2.56. The zero-order chi connectivity index (χ0) is 16.5. The van der Waals surface area contributed by atoms with Crippen molar-refractivity contribution < 1.29 is 28.5 Å². The van der Waals surface area contributed by atoms with Crippen LogP contribution in [0.5, 0.6) is 23.0 Å². The van der Waals surface area contributed by atoms with Crippen molar-refractivity contribution in [1.29, 1.82) is 0 Å². The number of hydrogen-bond acceptors (Lipinski definition) is 6. The number of ether oxygens (including phenoxy) is 4. The van der Waals surface area contributed by atoms with Crippen LogP contribution in [-0.2, 0) is 16.0 Å². The van der Waals surface area contributed by atoms with Crippen LogP contribution in [0.2, 0.25) is 0 Å². The van der Waals surface area contributed by atoms with Crippen LogP contribution in [-0.4, -0.2) is 25.3 Å². The number of rotatable bonds is 4. The first-order valence-electron chi connectivity index (χ1n) is 7.31. The zero-order valence-electron chi connectivity index (χ0n) is 12.5. The van der Waals surface area contributed by atoms with Gasteiger partial charge in [0, 0.05) is 18.2 Å². The number of fused-ring (bicyclic) bond motifs is 2. The maximum absolute atomic E-state index is 12.1. The van der Waals surface area contributed by atoms with Crippen molar-refractivity contribution in [2.45, 2.75) is 6.42 Å². The highest BCUT2D eigenvalue weighted by Crippen LogP contribution is 2.34. The van der Waals surface area contributed by atoms with Crippen LogP contribution < -0.4 is 24.3 Å². The molecule has 2 aromatic carbocycles. The Hall–Kier alpha value is -3.22. The lowest BCUT2D eigenvalue weighted by Crippen LogP contribution is -2.24. The van der Waals surface area contributed by atoms with Crippen LogP contribution in [0.1, 0.15) is 5.56 Å². The lowest BCUT2D eigenvalue weighted by molar-refractivity contribution is -0.134. The van der Waals surface area contributed by atoms with Crippen LogP contribution in [0.3, 0.4) is 0 Å². The molecular formula is C17H13NO6. The van der Waals surface area contributed by atoms with Gasteiger partial charge in [-0.15, -0.1) is 0 Å². The van der Waals surface area contributed by atoms with E-state index in [1.807, 2.05) is 0 Å². The molecule has 2 aliphatic heterocycles. The van der Waals surface area contributed by atoms with Gasteiger partial charge in [0.25, 0.3) is 5.91 Å². The summed E-state index contributed by atoms with van der Waals surface area (Å²) in [6.07, 6.45) is -0.0208. The highest BCUT2D eigenvalue weighted by atomic mass is 16.7. The molecule has 0 bridgehead atoms. The van der Waals surface area contributed by atoms with Crippen molar-refractivity contribution in [3.63, 3.8) is 0 Å². The fraction of sp³-hybridized carbons (Fsp3) is 0.176. The zero-order valence-corrected chi connectivity index (χ0v) is 12.5. The molecule has 24 heavy (non-hydrogen) atoms. The quantitative estimate of drug-likeness (QED) is 0.864. The van der Waals surface area contributed by atoms with Gasteiger partial charge in [0.05, 0.1) is 0 Å². The molecule has 0 fully saturated rings. The van der Waals surface area contributed by atoms with Crippen LogP contribution in [0, 0.1) is 0 Å². The van der Waals surface area contributed by atoms with Crippen molar-refractivity contribution in [3.8, 4) is 23.0 Å². The number of nitrogens with one attached hydrogen (secondary N) is 1. The summed E-state index contributed by atoms with van der Waals surface area (Å²) < 4.78 is 20.9. The van der Waals surface area contributed by atoms with Crippen LogP contribution in [0.4, 0.5) is 5.69 Å². The first kappa shape index (κ1) is 14.4. The van der Waals surface area contributed by atoms with E-state index in [0.717, 1.165) is 0 Å². The Labute approximate surface area is 137 Å². The van der Waals surface area contributed by atoms with E-state index in [1.54, 1.807) is 36.4 Å². The SMILES string of the molecule is O=C(Cc1ccc2c(c1)OCO2)C(=O)Nc1ccc2c(c1)OCO2. The van der Waals surface area contributed by atoms with Gasteiger partial charge in [-0.2, -0.15) is 0 Å². The number of anilines is 1. The van der Waals surface area contributed by atoms with Gasteiger partial charge >= 0.3 is 0 Å². The third kappa shape index (κ3) is 2.71. The Kier molecular flexibility index (Phi) is 3.45. The highest BCUT2D eigenvalue weighted by Gasteiger charge is 2.19. The minimum absolute atomic E-state index is 0.0208. The van der Waals surface area contributed by atoms with Gasteiger partial charge in [0.15, 0.2) is 23.0 Å². The molecule has 0 aliphatic carbocycles. The molecule has 0 spiro atoms. The predicted molar refractivity (Wildman–Crippen MR) is 82.5 cm³/mol. The minimum Gasteiger partial charge on any atom is -0.454 e. The Bertz CT molecular complexity index is 762. The first-order valence-corrected chi connectivity index (χ1v) is 7.31. The van der Waals surface area contributed by atoms with Gasteiger partial charge in [-0.25, -0.2) is 0 Å². The predicted octanol–water partition coefficient (Wildman–Crippen LogP) is 1.89. The van der Waals surface area contributed by atoms with Gasteiger partial charge in [0.2, 0.25) is 19.4 Å². The molecular weight excluding hydrogens is 314 g/mol. The van der Waals surface area contributed by atoms with Crippen molar-refractivity contribution in [2.24, 2.45) is 0 Å². The summed E-state index contributed by atoms with van der Waals surface area (Å²) in [4.78, 5) is 24.2. The van der Waals surface area contributed by atoms with E-state index >= 15 is 0 Å². The number of carbonyl (C=O) groups is 2. The molecule has 0 saturated carbocycles. The van der Waals surface area contributed by atoms with Gasteiger partial charge in [-0.1, -0.05) is 6.07 Å².